The molecule has 1 atom stereocenters. The number of furan rings is 1. The number of fused-ring (bicyclic) bond motifs is 3. The van der Waals surface area contributed by atoms with Crippen LogP contribution in [0, 0.1) is 6.92 Å². The van der Waals surface area contributed by atoms with E-state index in [0.717, 1.165) is 43.1 Å². The number of rotatable bonds is 3. The summed E-state index contributed by atoms with van der Waals surface area (Å²) in [4.78, 5) is 14.9. The van der Waals surface area contributed by atoms with E-state index in [9.17, 15) is 4.79 Å². The highest BCUT2D eigenvalue weighted by Crippen LogP contribution is 2.42. The summed E-state index contributed by atoms with van der Waals surface area (Å²) in [5, 5.41) is 0. The molecule has 5 rings (SSSR count). The highest BCUT2D eigenvalue weighted by atomic mass is 16.5. The van der Waals surface area contributed by atoms with Gasteiger partial charge in [0.25, 0.3) is 0 Å². The van der Waals surface area contributed by atoms with Crippen LogP contribution < -0.4 is 9.47 Å². The second-order valence-corrected chi connectivity index (χ2v) is 7.23. The van der Waals surface area contributed by atoms with Crippen LogP contribution in [0.2, 0.25) is 0 Å². The molecule has 3 aliphatic heterocycles. The van der Waals surface area contributed by atoms with Crippen LogP contribution in [0.1, 0.15) is 40.3 Å². The van der Waals surface area contributed by atoms with Crippen molar-refractivity contribution in [1.82, 2.24) is 4.90 Å². The molecule has 0 radical (unpaired) electrons. The van der Waals surface area contributed by atoms with Gasteiger partial charge in [0.2, 0.25) is 5.78 Å². The first-order valence-corrected chi connectivity index (χ1v) is 9.31. The van der Waals surface area contributed by atoms with Gasteiger partial charge in [0.05, 0.1) is 17.2 Å². The Morgan fingerprint density at radius 3 is 2.96 bits per heavy atom. The summed E-state index contributed by atoms with van der Waals surface area (Å²) in [6.45, 7) is 4.73. The summed E-state index contributed by atoms with van der Waals surface area (Å²) >= 11 is 0. The molecule has 0 bridgehead atoms. The number of Topliss-reactive ketones (excluding diaryl/α,β-unsaturated/α-hetero) is 1. The fourth-order valence-corrected chi connectivity index (χ4v) is 3.86. The van der Waals surface area contributed by atoms with Gasteiger partial charge in [-0.05, 0) is 44.0 Å². The number of nitrogens with zero attached hydrogens (tertiary/aromatic N) is 1. The van der Waals surface area contributed by atoms with Crippen LogP contribution in [-0.4, -0.2) is 36.7 Å². The first-order valence-electron chi connectivity index (χ1n) is 9.31. The number of aryl methyl sites for hydroxylation is 1. The van der Waals surface area contributed by atoms with Crippen molar-refractivity contribution in [2.24, 2.45) is 0 Å². The van der Waals surface area contributed by atoms with Crippen molar-refractivity contribution in [3.63, 3.8) is 0 Å². The molecule has 0 aliphatic carbocycles. The minimum atomic E-state index is -0.127. The predicted octanol–water partition coefficient (Wildman–Crippen LogP) is 3.54. The second kappa shape index (κ2) is 6.55. The second-order valence-electron chi connectivity index (χ2n) is 7.23. The van der Waals surface area contributed by atoms with Gasteiger partial charge in [-0.25, -0.2) is 0 Å². The molecule has 1 aromatic heterocycles. The van der Waals surface area contributed by atoms with Crippen LogP contribution in [-0.2, 0) is 11.3 Å². The molecule has 4 heterocycles. The molecule has 1 fully saturated rings. The Kier molecular flexibility index (Phi) is 4.02. The predicted molar refractivity (Wildman–Crippen MR) is 97.7 cm³/mol. The molecule has 27 heavy (non-hydrogen) atoms. The van der Waals surface area contributed by atoms with Crippen molar-refractivity contribution in [3.05, 3.63) is 52.7 Å². The maximum absolute atomic E-state index is 12.7. The molecule has 0 amide bonds. The lowest BCUT2D eigenvalue weighted by molar-refractivity contribution is 0.0274. The third kappa shape index (κ3) is 3.05. The molecule has 0 N–H and O–H groups in total. The monoisotopic (exact) mass is 367 g/mol. The van der Waals surface area contributed by atoms with E-state index >= 15 is 0 Å². The number of ether oxygens (including phenoxy) is 3. The zero-order chi connectivity index (χ0) is 18.4. The zero-order valence-corrected chi connectivity index (χ0v) is 15.2. The number of carbonyl (C=O) groups excluding carboxylic acids is 1. The Bertz CT molecular complexity index is 923. The number of hydrogen-bond donors (Lipinski definition) is 0. The van der Waals surface area contributed by atoms with Gasteiger partial charge in [0.1, 0.15) is 29.8 Å². The lowest BCUT2D eigenvalue weighted by Crippen LogP contribution is -2.37. The minimum absolute atomic E-state index is 0.127. The summed E-state index contributed by atoms with van der Waals surface area (Å²) in [6, 6.07) is 7.32. The van der Waals surface area contributed by atoms with Gasteiger partial charge < -0.3 is 18.6 Å². The van der Waals surface area contributed by atoms with Crippen molar-refractivity contribution in [2.45, 2.75) is 32.4 Å². The van der Waals surface area contributed by atoms with Gasteiger partial charge in [-0.1, -0.05) is 0 Å². The van der Waals surface area contributed by atoms with E-state index in [1.807, 2.05) is 25.1 Å². The topological polar surface area (TPSA) is 61.1 Å². The molecule has 0 spiro atoms. The molecule has 1 saturated heterocycles. The number of hydrogen-bond acceptors (Lipinski definition) is 6. The van der Waals surface area contributed by atoms with E-state index in [4.69, 9.17) is 18.6 Å². The average Bonchev–Trinajstić information content (AvgIpc) is 3.38. The average molecular weight is 367 g/mol. The van der Waals surface area contributed by atoms with E-state index in [1.54, 1.807) is 12.1 Å². The molecule has 0 unspecified atom stereocenters. The molecule has 2 aromatic rings. The molecule has 0 saturated carbocycles. The summed E-state index contributed by atoms with van der Waals surface area (Å²) in [5.74, 6) is 2.93. The molecule has 6 heteroatoms. The Hall–Kier alpha value is -2.57. The van der Waals surface area contributed by atoms with Crippen LogP contribution >= 0.6 is 0 Å². The normalized spacial score (nSPS) is 23.2. The van der Waals surface area contributed by atoms with Crippen LogP contribution in [0.5, 0.6) is 11.5 Å². The number of ketones is 1. The fraction of sp³-hybridized carbons (Fsp3) is 0.381. The van der Waals surface area contributed by atoms with Gasteiger partial charge >= 0.3 is 0 Å². The van der Waals surface area contributed by atoms with Gasteiger partial charge in [0.15, 0.2) is 5.76 Å². The number of benzene rings is 1. The third-order valence-corrected chi connectivity index (χ3v) is 5.20. The van der Waals surface area contributed by atoms with Crippen molar-refractivity contribution >= 4 is 11.9 Å². The lowest BCUT2D eigenvalue weighted by atomic mass is 10.0. The maximum atomic E-state index is 12.7. The Morgan fingerprint density at radius 1 is 1.26 bits per heavy atom. The standard InChI is InChI=1S/C21H21NO5/c1-13-4-5-14(26-13)9-19-20(23)16-6-7-18-17(21(16)27-19)11-22(12-25-18)10-15-3-2-8-24-15/h4-7,9,15H,2-3,8,10-12H2,1H3/b19-9-/t15-/m1/s1. The molecular weight excluding hydrogens is 346 g/mol. The van der Waals surface area contributed by atoms with Crippen LogP contribution in [0.3, 0.4) is 0 Å². The van der Waals surface area contributed by atoms with Gasteiger partial charge in [-0.3, -0.25) is 9.69 Å². The first kappa shape index (κ1) is 16.6. The van der Waals surface area contributed by atoms with Crippen LogP contribution in [0.15, 0.2) is 34.4 Å². The Balaban J connectivity index is 1.41. The van der Waals surface area contributed by atoms with Gasteiger partial charge in [-0.15, -0.1) is 0 Å². The molecule has 1 aromatic carbocycles. The highest BCUT2D eigenvalue weighted by molar-refractivity contribution is 6.14. The first-order chi connectivity index (χ1) is 13.2. The van der Waals surface area contributed by atoms with Crippen LogP contribution in [0.25, 0.3) is 6.08 Å². The number of carbonyl (C=O) groups is 1. The van der Waals surface area contributed by atoms with Crippen molar-refractivity contribution in [2.75, 3.05) is 19.9 Å². The van der Waals surface area contributed by atoms with E-state index in [-0.39, 0.29) is 17.6 Å². The van der Waals surface area contributed by atoms with Gasteiger partial charge in [-0.2, -0.15) is 0 Å². The Morgan fingerprint density at radius 2 is 2.19 bits per heavy atom. The largest absolute Gasteiger partial charge is 0.478 e. The lowest BCUT2D eigenvalue weighted by Gasteiger charge is -2.31. The quantitative estimate of drug-likeness (QED) is 0.774. The smallest absolute Gasteiger partial charge is 0.232 e. The summed E-state index contributed by atoms with van der Waals surface area (Å²) < 4.78 is 23.1. The summed E-state index contributed by atoms with van der Waals surface area (Å²) in [7, 11) is 0. The van der Waals surface area contributed by atoms with Gasteiger partial charge in [0, 0.05) is 25.8 Å². The minimum Gasteiger partial charge on any atom is -0.478 e. The maximum Gasteiger partial charge on any atom is 0.232 e. The van der Waals surface area contributed by atoms with Crippen molar-refractivity contribution in [1.29, 1.82) is 0 Å². The fourth-order valence-electron chi connectivity index (χ4n) is 3.86. The Labute approximate surface area is 157 Å². The SMILES string of the molecule is Cc1ccc(/C=C2\Oc3c(ccc4c3CN(C[C@H]3CCCO3)CO4)C2=O)o1. The highest BCUT2D eigenvalue weighted by Gasteiger charge is 2.34. The third-order valence-electron chi connectivity index (χ3n) is 5.20. The van der Waals surface area contributed by atoms with E-state index < -0.39 is 0 Å². The van der Waals surface area contributed by atoms with E-state index in [2.05, 4.69) is 4.90 Å². The molecular formula is C21H21NO5. The molecule has 140 valence electrons. The van der Waals surface area contributed by atoms with E-state index in [1.165, 1.54) is 0 Å². The zero-order valence-electron chi connectivity index (χ0n) is 15.2. The summed E-state index contributed by atoms with van der Waals surface area (Å²) in [5.41, 5.74) is 1.50. The summed E-state index contributed by atoms with van der Waals surface area (Å²) in [6.07, 6.45) is 4.10. The molecule has 3 aliphatic rings. The van der Waals surface area contributed by atoms with Crippen molar-refractivity contribution in [3.8, 4) is 11.5 Å². The van der Waals surface area contributed by atoms with E-state index in [0.29, 0.717) is 30.3 Å². The van der Waals surface area contributed by atoms with Crippen molar-refractivity contribution < 1.29 is 23.4 Å². The molecule has 6 nitrogen and oxygen atoms in total. The van der Waals surface area contributed by atoms with Crippen LogP contribution in [0.4, 0.5) is 0 Å². The number of allylic oxidation sites excluding steroid dienone is 1.